The first-order valence-electron chi connectivity index (χ1n) is 7.79. The highest BCUT2D eigenvalue weighted by molar-refractivity contribution is 5.86. The summed E-state index contributed by atoms with van der Waals surface area (Å²) in [4.78, 5) is 22.5. The van der Waals surface area contributed by atoms with Crippen molar-refractivity contribution in [3.05, 3.63) is 84.5 Å². The van der Waals surface area contributed by atoms with Gasteiger partial charge in [-0.25, -0.2) is 9.59 Å². The van der Waals surface area contributed by atoms with Crippen LogP contribution in [0.4, 0.5) is 0 Å². The minimum atomic E-state index is -0.438. The first-order valence-corrected chi connectivity index (χ1v) is 7.79. The number of esters is 2. The molecule has 0 aliphatic carbocycles. The molecule has 0 spiro atoms. The van der Waals surface area contributed by atoms with E-state index in [1.807, 2.05) is 48.5 Å². The molecule has 0 heterocycles. The van der Waals surface area contributed by atoms with Gasteiger partial charge in [-0.05, 0) is 29.2 Å². The zero-order chi connectivity index (χ0) is 18.2. The molecule has 0 saturated heterocycles. The van der Waals surface area contributed by atoms with Gasteiger partial charge in [0.25, 0.3) is 0 Å². The third kappa shape index (κ3) is 5.46. The SMILES string of the molecule is C=CC(=O)OCc1ccc(-c2ccc(COC(=O)C(=C)C)cc2)cc1. The van der Waals surface area contributed by atoms with Crippen molar-refractivity contribution in [2.45, 2.75) is 20.1 Å². The second-order valence-corrected chi connectivity index (χ2v) is 5.56. The van der Waals surface area contributed by atoms with Gasteiger partial charge in [0.15, 0.2) is 0 Å². The van der Waals surface area contributed by atoms with Crippen LogP contribution in [0.2, 0.25) is 0 Å². The molecule has 0 radical (unpaired) electrons. The van der Waals surface area contributed by atoms with Crippen LogP contribution in [0.5, 0.6) is 0 Å². The molecule has 2 aromatic carbocycles. The Kier molecular flexibility index (Phi) is 6.29. The molecule has 0 unspecified atom stereocenters. The summed E-state index contributed by atoms with van der Waals surface area (Å²) in [7, 11) is 0. The molecule has 0 bridgehead atoms. The minimum Gasteiger partial charge on any atom is -0.458 e. The average Bonchev–Trinajstić information content (AvgIpc) is 2.64. The van der Waals surface area contributed by atoms with Crippen molar-refractivity contribution in [2.75, 3.05) is 0 Å². The lowest BCUT2D eigenvalue weighted by atomic mass is 10.0. The monoisotopic (exact) mass is 336 g/mol. The number of rotatable bonds is 7. The third-order valence-electron chi connectivity index (χ3n) is 3.51. The van der Waals surface area contributed by atoms with Crippen LogP contribution >= 0.6 is 0 Å². The van der Waals surface area contributed by atoms with E-state index in [2.05, 4.69) is 13.2 Å². The van der Waals surface area contributed by atoms with Gasteiger partial charge in [0, 0.05) is 11.6 Å². The zero-order valence-corrected chi connectivity index (χ0v) is 14.2. The summed E-state index contributed by atoms with van der Waals surface area (Å²) in [6, 6.07) is 15.5. The van der Waals surface area contributed by atoms with Gasteiger partial charge < -0.3 is 9.47 Å². The van der Waals surface area contributed by atoms with E-state index in [9.17, 15) is 9.59 Å². The van der Waals surface area contributed by atoms with Gasteiger partial charge in [0.2, 0.25) is 0 Å². The molecule has 0 aliphatic heterocycles. The molecular formula is C21H20O4. The van der Waals surface area contributed by atoms with Gasteiger partial charge in [-0.3, -0.25) is 0 Å². The average molecular weight is 336 g/mol. The Balaban J connectivity index is 1.97. The van der Waals surface area contributed by atoms with Crippen LogP contribution < -0.4 is 0 Å². The van der Waals surface area contributed by atoms with Crippen LogP contribution in [0.1, 0.15) is 18.1 Å². The molecule has 0 aromatic heterocycles. The molecule has 25 heavy (non-hydrogen) atoms. The molecule has 4 heteroatoms. The standard InChI is InChI=1S/C21H20O4/c1-4-20(22)24-13-16-5-9-18(10-6-16)19-11-7-17(8-12-19)14-25-21(23)15(2)3/h4-12H,1-2,13-14H2,3H3. The van der Waals surface area contributed by atoms with E-state index >= 15 is 0 Å². The van der Waals surface area contributed by atoms with E-state index in [1.54, 1.807) is 6.92 Å². The summed E-state index contributed by atoms with van der Waals surface area (Å²) < 4.78 is 10.1. The van der Waals surface area contributed by atoms with Crippen LogP contribution in [-0.2, 0) is 32.3 Å². The van der Waals surface area contributed by atoms with Crippen LogP contribution in [0.25, 0.3) is 11.1 Å². The Labute approximate surface area is 147 Å². The number of hydrogen-bond acceptors (Lipinski definition) is 4. The smallest absolute Gasteiger partial charge is 0.333 e. The molecule has 2 aromatic rings. The van der Waals surface area contributed by atoms with E-state index < -0.39 is 11.9 Å². The Bertz CT molecular complexity index is 771. The van der Waals surface area contributed by atoms with Crippen molar-refractivity contribution in [3.63, 3.8) is 0 Å². The second-order valence-electron chi connectivity index (χ2n) is 5.56. The lowest BCUT2D eigenvalue weighted by molar-refractivity contribution is -0.140. The number of carbonyl (C=O) groups excluding carboxylic acids is 2. The summed E-state index contributed by atoms with van der Waals surface area (Å²) in [5.74, 6) is -0.830. The fraction of sp³-hybridized carbons (Fsp3) is 0.143. The summed E-state index contributed by atoms with van der Waals surface area (Å²) in [6.45, 7) is 8.97. The third-order valence-corrected chi connectivity index (χ3v) is 3.51. The molecule has 0 aliphatic rings. The number of carbonyl (C=O) groups is 2. The Morgan fingerprint density at radius 2 is 1.32 bits per heavy atom. The summed E-state index contributed by atoms with van der Waals surface area (Å²) in [6.07, 6.45) is 1.14. The van der Waals surface area contributed by atoms with E-state index in [4.69, 9.17) is 9.47 Å². The fourth-order valence-corrected chi connectivity index (χ4v) is 2.07. The van der Waals surface area contributed by atoms with Gasteiger partial charge in [-0.15, -0.1) is 0 Å². The van der Waals surface area contributed by atoms with E-state index in [0.29, 0.717) is 5.57 Å². The highest BCUT2D eigenvalue weighted by Crippen LogP contribution is 2.21. The van der Waals surface area contributed by atoms with Gasteiger partial charge in [0.1, 0.15) is 13.2 Å². The quantitative estimate of drug-likeness (QED) is 0.562. The second kappa shape index (κ2) is 8.64. The molecular weight excluding hydrogens is 316 g/mol. The highest BCUT2D eigenvalue weighted by Gasteiger charge is 2.04. The van der Waals surface area contributed by atoms with Gasteiger partial charge in [-0.2, -0.15) is 0 Å². The maximum absolute atomic E-state index is 11.4. The van der Waals surface area contributed by atoms with Gasteiger partial charge >= 0.3 is 11.9 Å². The van der Waals surface area contributed by atoms with Gasteiger partial charge in [0.05, 0.1) is 0 Å². The zero-order valence-electron chi connectivity index (χ0n) is 14.2. The summed E-state index contributed by atoms with van der Waals surface area (Å²) in [5.41, 5.74) is 4.29. The Morgan fingerprint density at radius 3 is 1.72 bits per heavy atom. The molecule has 128 valence electrons. The van der Waals surface area contributed by atoms with Crippen molar-refractivity contribution in [1.29, 1.82) is 0 Å². The first kappa shape index (κ1) is 18.2. The molecule has 2 rings (SSSR count). The van der Waals surface area contributed by atoms with Crippen molar-refractivity contribution in [1.82, 2.24) is 0 Å². The Hall–Kier alpha value is -3.14. The predicted molar refractivity (Wildman–Crippen MR) is 96.5 cm³/mol. The van der Waals surface area contributed by atoms with Crippen molar-refractivity contribution in [2.24, 2.45) is 0 Å². The van der Waals surface area contributed by atoms with Crippen LogP contribution in [-0.4, -0.2) is 11.9 Å². The summed E-state index contributed by atoms with van der Waals surface area (Å²) >= 11 is 0. The van der Waals surface area contributed by atoms with Crippen molar-refractivity contribution >= 4 is 11.9 Å². The van der Waals surface area contributed by atoms with E-state index in [1.165, 1.54) is 0 Å². The largest absolute Gasteiger partial charge is 0.458 e. The van der Waals surface area contributed by atoms with E-state index in [0.717, 1.165) is 28.3 Å². The van der Waals surface area contributed by atoms with Gasteiger partial charge in [-0.1, -0.05) is 61.7 Å². The normalized spacial score (nSPS) is 9.96. The molecule has 0 amide bonds. The molecule has 0 fully saturated rings. The number of benzene rings is 2. The maximum atomic E-state index is 11.4. The van der Waals surface area contributed by atoms with Crippen LogP contribution in [0, 0.1) is 0 Å². The molecule has 0 atom stereocenters. The number of ether oxygens (including phenoxy) is 2. The lowest BCUT2D eigenvalue weighted by Gasteiger charge is -2.07. The predicted octanol–water partition coefficient (Wildman–Crippen LogP) is 4.20. The van der Waals surface area contributed by atoms with Crippen molar-refractivity contribution < 1.29 is 19.1 Å². The van der Waals surface area contributed by atoms with Crippen molar-refractivity contribution in [3.8, 4) is 11.1 Å². The highest BCUT2D eigenvalue weighted by atomic mass is 16.5. The lowest BCUT2D eigenvalue weighted by Crippen LogP contribution is -2.04. The van der Waals surface area contributed by atoms with Crippen LogP contribution in [0.3, 0.4) is 0 Å². The fourth-order valence-electron chi connectivity index (χ4n) is 2.07. The molecule has 0 saturated carbocycles. The molecule has 0 N–H and O–H groups in total. The maximum Gasteiger partial charge on any atom is 0.333 e. The topological polar surface area (TPSA) is 52.6 Å². The first-order chi connectivity index (χ1) is 12.0. The minimum absolute atomic E-state index is 0.220. The Morgan fingerprint density at radius 1 is 0.880 bits per heavy atom. The number of hydrogen-bond donors (Lipinski definition) is 0. The summed E-state index contributed by atoms with van der Waals surface area (Å²) in [5, 5.41) is 0. The van der Waals surface area contributed by atoms with E-state index in [-0.39, 0.29) is 13.2 Å². The molecule has 4 nitrogen and oxygen atoms in total. The van der Waals surface area contributed by atoms with Crippen LogP contribution in [0.15, 0.2) is 73.3 Å².